The van der Waals surface area contributed by atoms with E-state index in [0.29, 0.717) is 17.4 Å². The van der Waals surface area contributed by atoms with E-state index in [4.69, 9.17) is 0 Å². The highest BCUT2D eigenvalue weighted by Gasteiger charge is 2.41. The van der Waals surface area contributed by atoms with Gasteiger partial charge in [-0.05, 0) is 48.9 Å². The van der Waals surface area contributed by atoms with E-state index in [1.165, 1.54) is 6.07 Å². The first-order chi connectivity index (χ1) is 9.34. The highest BCUT2D eigenvalue weighted by molar-refractivity contribution is 5.30. The lowest BCUT2D eigenvalue weighted by Crippen LogP contribution is -2.24. The standard InChI is InChI=1S/C15H19F4N/c1-3-6-20-14(11-7-9(11)2)10-4-5-12(13(16)8-10)15(17,18)19/h4-5,8-9,11,14,20H,3,6-7H2,1-2H3. The molecule has 1 aliphatic rings. The maximum Gasteiger partial charge on any atom is 0.419 e. The predicted molar refractivity (Wildman–Crippen MR) is 69.7 cm³/mol. The lowest BCUT2D eigenvalue weighted by molar-refractivity contribution is -0.140. The average Bonchev–Trinajstić information content (AvgIpc) is 3.05. The third kappa shape index (κ3) is 3.32. The van der Waals surface area contributed by atoms with E-state index in [2.05, 4.69) is 12.2 Å². The molecule has 0 saturated heterocycles. The first-order valence-corrected chi connectivity index (χ1v) is 6.94. The van der Waals surface area contributed by atoms with Crippen LogP contribution in [0.25, 0.3) is 0 Å². The Morgan fingerprint density at radius 3 is 2.45 bits per heavy atom. The van der Waals surface area contributed by atoms with Gasteiger partial charge in [0.25, 0.3) is 0 Å². The van der Waals surface area contributed by atoms with Gasteiger partial charge in [0.1, 0.15) is 5.82 Å². The molecule has 3 atom stereocenters. The number of nitrogens with one attached hydrogen (secondary N) is 1. The summed E-state index contributed by atoms with van der Waals surface area (Å²) in [6.07, 6.45) is -2.67. The monoisotopic (exact) mass is 289 g/mol. The third-order valence-corrected chi connectivity index (χ3v) is 3.87. The highest BCUT2D eigenvalue weighted by atomic mass is 19.4. The Kier molecular flexibility index (Phi) is 4.37. The Bertz CT molecular complexity index is 469. The molecular formula is C15H19F4N. The molecule has 0 aromatic heterocycles. The van der Waals surface area contributed by atoms with Crippen molar-refractivity contribution >= 4 is 0 Å². The van der Waals surface area contributed by atoms with Gasteiger partial charge in [-0.15, -0.1) is 0 Å². The van der Waals surface area contributed by atoms with Crippen molar-refractivity contribution in [1.82, 2.24) is 5.32 Å². The molecule has 0 heterocycles. The van der Waals surface area contributed by atoms with Gasteiger partial charge in [0.2, 0.25) is 0 Å². The van der Waals surface area contributed by atoms with Crippen LogP contribution in [-0.2, 0) is 6.18 Å². The molecule has 0 radical (unpaired) electrons. The third-order valence-electron chi connectivity index (χ3n) is 3.87. The van der Waals surface area contributed by atoms with Gasteiger partial charge < -0.3 is 5.32 Å². The molecule has 112 valence electrons. The fourth-order valence-electron chi connectivity index (χ4n) is 2.59. The van der Waals surface area contributed by atoms with Crippen LogP contribution in [0, 0.1) is 17.7 Å². The summed E-state index contributed by atoms with van der Waals surface area (Å²) in [5, 5.41) is 3.32. The average molecular weight is 289 g/mol. The minimum absolute atomic E-state index is 0.0540. The number of alkyl halides is 3. The van der Waals surface area contributed by atoms with Crippen LogP contribution < -0.4 is 5.32 Å². The van der Waals surface area contributed by atoms with Crippen molar-refractivity contribution in [3.8, 4) is 0 Å². The first-order valence-electron chi connectivity index (χ1n) is 6.94. The van der Waals surface area contributed by atoms with Crippen LogP contribution in [0.5, 0.6) is 0 Å². The van der Waals surface area contributed by atoms with Crippen LogP contribution in [0.2, 0.25) is 0 Å². The summed E-state index contributed by atoms with van der Waals surface area (Å²) in [5.74, 6) is -0.265. The minimum atomic E-state index is -4.64. The molecule has 0 amide bonds. The van der Waals surface area contributed by atoms with Crippen molar-refractivity contribution < 1.29 is 17.6 Å². The van der Waals surface area contributed by atoms with Gasteiger partial charge in [-0.1, -0.05) is 19.9 Å². The van der Waals surface area contributed by atoms with Crippen LogP contribution in [0.1, 0.15) is 43.9 Å². The van der Waals surface area contributed by atoms with Gasteiger partial charge >= 0.3 is 6.18 Å². The Labute approximate surface area is 116 Å². The number of benzene rings is 1. The van der Waals surface area contributed by atoms with E-state index in [-0.39, 0.29) is 6.04 Å². The second-order valence-corrected chi connectivity index (χ2v) is 5.55. The van der Waals surface area contributed by atoms with Crippen molar-refractivity contribution in [3.05, 3.63) is 35.1 Å². The fourth-order valence-corrected chi connectivity index (χ4v) is 2.59. The SMILES string of the molecule is CCCNC(c1ccc(C(F)(F)F)c(F)c1)C1CC1C. The summed E-state index contributed by atoms with van der Waals surface area (Å²) in [6.45, 7) is 4.90. The zero-order valence-electron chi connectivity index (χ0n) is 11.6. The fraction of sp³-hybridized carbons (Fsp3) is 0.600. The molecule has 0 aliphatic heterocycles. The number of hydrogen-bond acceptors (Lipinski definition) is 1. The zero-order chi connectivity index (χ0) is 14.9. The van der Waals surface area contributed by atoms with Crippen LogP contribution in [0.3, 0.4) is 0 Å². The van der Waals surface area contributed by atoms with Gasteiger partial charge in [-0.25, -0.2) is 4.39 Å². The quantitative estimate of drug-likeness (QED) is 0.785. The molecule has 1 nitrogen and oxygen atoms in total. The molecule has 2 rings (SSSR count). The van der Waals surface area contributed by atoms with E-state index < -0.39 is 17.6 Å². The lowest BCUT2D eigenvalue weighted by atomic mass is 9.99. The number of halogens is 4. The summed E-state index contributed by atoms with van der Waals surface area (Å²) in [5.41, 5.74) is -0.586. The van der Waals surface area contributed by atoms with E-state index >= 15 is 0 Å². The van der Waals surface area contributed by atoms with E-state index in [9.17, 15) is 17.6 Å². The second kappa shape index (κ2) is 5.72. The van der Waals surface area contributed by atoms with Crippen LogP contribution >= 0.6 is 0 Å². The molecule has 1 aromatic carbocycles. The summed E-state index contributed by atoms with van der Waals surface area (Å²) >= 11 is 0. The summed E-state index contributed by atoms with van der Waals surface area (Å²) in [6, 6.07) is 3.21. The summed E-state index contributed by atoms with van der Waals surface area (Å²) in [4.78, 5) is 0. The summed E-state index contributed by atoms with van der Waals surface area (Å²) in [7, 11) is 0. The summed E-state index contributed by atoms with van der Waals surface area (Å²) < 4.78 is 51.3. The molecule has 0 spiro atoms. The molecule has 20 heavy (non-hydrogen) atoms. The van der Waals surface area contributed by atoms with Crippen molar-refractivity contribution in [3.63, 3.8) is 0 Å². The van der Waals surface area contributed by atoms with E-state index in [0.717, 1.165) is 31.5 Å². The maximum absolute atomic E-state index is 13.7. The van der Waals surface area contributed by atoms with Gasteiger partial charge in [0.15, 0.2) is 0 Å². The van der Waals surface area contributed by atoms with E-state index in [1.54, 1.807) is 0 Å². The highest BCUT2D eigenvalue weighted by Crippen LogP contribution is 2.47. The number of hydrogen-bond donors (Lipinski definition) is 1. The molecule has 1 fully saturated rings. The number of rotatable bonds is 5. The Morgan fingerprint density at radius 2 is 2.00 bits per heavy atom. The molecule has 1 N–H and O–H groups in total. The molecule has 1 aromatic rings. The molecule has 3 unspecified atom stereocenters. The largest absolute Gasteiger partial charge is 0.419 e. The van der Waals surface area contributed by atoms with Crippen molar-refractivity contribution in [2.45, 2.75) is 38.9 Å². The van der Waals surface area contributed by atoms with Crippen molar-refractivity contribution in [2.75, 3.05) is 6.54 Å². The molecular weight excluding hydrogens is 270 g/mol. The zero-order valence-corrected chi connectivity index (χ0v) is 11.6. The van der Waals surface area contributed by atoms with Gasteiger partial charge in [-0.3, -0.25) is 0 Å². The molecule has 1 aliphatic carbocycles. The van der Waals surface area contributed by atoms with E-state index in [1.807, 2.05) is 6.92 Å². The van der Waals surface area contributed by atoms with Crippen LogP contribution in [0.15, 0.2) is 18.2 Å². The Morgan fingerprint density at radius 1 is 1.35 bits per heavy atom. The van der Waals surface area contributed by atoms with Crippen molar-refractivity contribution in [2.24, 2.45) is 11.8 Å². The van der Waals surface area contributed by atoms with Crippen LogP contribution in [-0.4, -0.2) is 6.54 Å². The normalized spacial score (nSPS) is 23.7. The van der Waals surface area contributed by atoms with Gasteiger partial charge in [0.05, 0.1) is 5.56 Å². The Balaban J connectivity index is 2.23. The minimum Gasteiger partial charge on any atom is -0.310 e. The first kappa shape index (κ1) is 15.3. The topological polar surface area (TPSA) is 12.0 Å². The second-order valence-electron chi connectivity index (χ2n) is 5.55. The lowest BCUT2D eigenvalue weighted by Gasteiger charge is -2.20. The van der Waals surface area contributed by atoms with Gasteiger partial charge in [0, 0.05) is 6.04 Å². The van der Waals surface area contributed by atoms with Crippen LogP contribution in [0.4, 0.5) is 17.6 Å². The van der Waals surface area contributed by atoms with Gasteiger partial charge in [-0.2, -0.15) is 13.2 Å². The molecule has 5 heteroatoms. The smallest absolute Gasteiger partial charge is 0.310 e. The predicted octanol–water partition coefficient (Wildman–Crippen LogP) is 4.54. The molecule has 1 saturated carbocycles. The molecule has 0 bridgehead atoms. The Hall–Kier alpha value is -1.10. The maximum atomic E-state index is 13.7. The van der Waals surface area contributed by atoms with Crippen molar-refractivity contribution in [1.29, 1.82) is 0 Å².